The van der Waals surface area contributed by atoms with E-state index in [4.69, 9.17) is 22.2 Å². The van der Waals surface area contributed by atoms with E-state index in [1.807, 2.05) is 12.1 Å². The highest BCUT2D eigenvalue weighted by atomic mass is 32.1. The molecule has 0 aliphatic heterocycles. The maximum atomic E-state index is 9.09. The molecule has 1 aliphatic rings. The second-order valence-corrected chi connectivity index (χ2v) is 4.98. The molecule has 1 aromatic carbocycles. The number of hydrogen-bond donors (Lipinski definition) is 1. The third kappa shape index (κ3) is 1.57. The lowest BCUT2D eigenvalue weighted by atomic mass is 9.89. The van der Waals surface area contributed by atoms with Gasteiger partial charge >= 0.3 is 0 Å². The Morgan fingerprint density at radius 2 is 2.28 bits per heavy atom. The highest BCUT2D eigenvalue weighted by molar-refractivity contribution is 7.71. The Bertz CT molecular complexity index is 688. The van der Waals surface area contributed by atoms with Crippen LogP contribution in [0.5, 0.6) is 0 Å². The first kappa shape index (κ1) is 11.5. The van der Waals surface area contributed by atoms with Gasteiger partial charge in [-0.1, -0.05) is 6.07 Å². The molecule has 1 aliphatic carbocycles. The lowest BCUT2D eigenvalue weighted by molar-refractivity contribution is 0.00698. The Balaban J connectivity index is 2.11. The molecule has 1 aromatic heterocycles. The molecule has 1 heterocycles. The maximum absolute atomic E-state index is 9.09. The monoisotopic (exact) mass is 259 g/mol. The van der Waals surface area contributed by atoms with Gasteiger partial charge in [0.1, 0.15) is 6.07 Å². The number of hydrogen-bond acceptors (Lipinski definition) is 3. The molecule has 0 amide bonds. The predicted octanol–water partition coefficient (Wildman–Crippen LogP) is 2.92. The average Bonchev–Trinajstić information content (AvgIpc) is 2.65. The van der Waals surface area contributed by atoms with Crippen LogP contribution in [0.1, 0.15) is 24.4 Å². The molecule has 5 heteroatoms. The number of ether oxygens (including phenoxy) is 1. The fourth-order valence-electron chi connectivity index (χ4n) is 2.55. The van der Waals surface area contributed by atoms with Crippen molar-refractivity contribution in [2.24, 2.45) is 0 Å². The molecular weight excluding hydrogens is 246 g/mol. The first-order valence-corrected chi connectivity index (χ1v) is 6.31. The van der Waals surface area contributed by atoms with Crippen LogP contribution in [0, 0.1) is 16.1 Å². The Hall–Kier alpha value is -1.64. The quantitative estimate of drug-likeness (QED) is 0.844. The van der Waals surface area contributed by atoms with Gasteiger partial charge in [0.2, 0.25) is 0 Å². The summed E-state index contributed by atoms with van der Waals surface area (Å²) in [5, 5.41) is 9.09. The van der Waals surface area contributed by atoms with Crippen LogP contribution >= 0.6 is 12.2 Å². The summed E-state index contributed by atoms with van der Waals surface area (Å²) in [6, 6.07) is 8.27. The Kier molecular flexibility index (Phi) is 2.69. The number of fused-ring (bicyclic) bond motifs is 1. The van der Waals surface area contributed by atoms with E-state index in [0.29, 0.717) is 22.5 Å². The molecule has 0 radical (unpaired) electrons. The summed E-state index contributed by atoms with van der Waals surface area (Å²) < 4.78 is 8.10. The molecule has 0 unspecified atom stereocenters. The van der Waals surface area contributed by atoms with Gasteiger partial charge in [0.05, 0.1) is 22.7 Å². The number of H-pyrrole nitrogens is 1. The van der Waals surface area contributed by atoms with Crippen LogP contribution in [-0.4, -0.2) is 22.8 Å². The number of nitriles is 1. The van der Waals surface area contributed by atoms with Crippen LogP contribution in [-0.2, 0) is 4.74 Å². The van der Waals surface area contributed by atoms with Crippen LogP contribution in [0.25, 0.3) is 11.0 Å². The van der Waals surface area contributed by atoms with Gasteiger partial charge in [-0.25, -0.2) is 0 Å². The largest absolute Gasteiger partial charge is 0.381 e. The minimum atomic E-state index is 0.334. The van der Waals surface area contributed by atoms with Crippen molar-refractivity contribution in [3.05, 3.63) is 28.5 Å². The van der Waals surface area contributed by atoms with Crippen molar-refractivity contribution in [2.75, 3.05) is 7.11 Å². The predicted molar refractivity (Wildman–Crippen MR) is 70.9 cm³/mol. The highest BCUT2D eigenvalue weighted by Crippen LogP contribution is 2.36. The Morgan fingerprint density at radius 1 is 1.50 bits per heavy atom. The van der Waals surface area contributed by atoms with Crippen molar-refractivity contribution in [1.29, 1.82) is 5.26 Å². The SMILES string of the molecule is COC1CC(n2c(=S)[nH]c3c(C#N)cccc32)C1. The number of aromatic nitrogens is 2. The molecule has 4 nitrogen and oxygen atoms in total. The van der Waals surface area contributed by atoms with Crippen molar-refractivity contribution in [1.82, 2.24) is 9.55 Å². The van der Waals surface area contributed by atoms with Gasteiger partial charge in [0.15, 0.2) is 4.77 Å². The van der Waals surface area contributed by atoms with Crippen LogP contribution in [0.4, 0.5) is 0 Å². The number of rotatable bonds is 2. The molecule has 1 fully saturated rings. The first-order chi connectivity index (χ1) is 8.74. The topological polar surface area (TPSA) is 53.7 Å². The van der Waals surface area contributed by atoms with Gasteiger partial charge in [-0.05, 0) is 37.2 Å². The molecule has 3 rings (SSSR count). The molecule has 1 N–H and O–H groups in total. The normalized spacial score (nSPS) is 22.7. The molecule has 1 saturated carbocycles. The van der Waals surface area contributed by atoms with E-state index in [-0.39, 0.29) is 0 Å². The van der Waals surface area contributed by atoms with Gasteiger partial charge < -0.3 is 14.3 Å². The second-order valence-electron chi connectivity index (χ2n) is 4.59. The molecule has 0 bridgehead atoms. The summed E-state index contributed by atoms with van der Waals surface area (Å²) in [5.41, 5.74) is 2.49. The van der Waals surface area contributed by atoms with E-state index in [1.54, 1.807) is 13.2 Å². The van der Waals surface area contributed by atoms with Gasteiger partial charge in [-0.2, -0.15) is 5.26 Å². The van der Waals surface area contributed by atoms with Crippen molar-refractivity contribution >= 4 is 23.3 Å². The summed E-state index contributed by atoms with van der Waals surface area (Å²) in [4.78, 5) is 3.14. The zero-order valence-corrected chi connectivity index (χ0v) is 10.8. The lowest BCUT2D eigenvalue weighted by Gasteiger charge is -2.35. The van der Waals surface area contributed by atoms with Gasteiger partial charge in [-0.3, -0.25) is 0 Å². The molecule has 0 spiro atoms. The van der Waals surface area contributed by atoms with Gasteiger partial charge in [0, 0.05) is 13.2 Å². The Labute approximate surface area is 110 Å². The summed E-state index contributed by atoms with van der Waals surface area (Å²) in [5.74, 6) is 0. The summed E-state index contributed by atoms with van der Waals surface area (Å²) in [7, 11) is 1.74. The lowest BCUT2D eigenvalue weighted by Crippen LogP contribution is -2.32. The zero-order chi connectivity index (χ0) is 12.7. The Morgan fingerprint density at radius 3 is 2.94 bits per heavy atom. The fraction of sp³-hybridized carbons (Fsp3) is 0.385. The average molecular weight is 259 g/mol. The molecule has 2 aromatic rings. The van der Waals surface area contributed by atoms with Crippen molar-refractivity contribution < 1.29 is 4.74 Å². The molecule has 18 heavy (non-hydrogen) atoms. The van der Waals surface area contributed by atoms with Crippen molar-refractivity contribution in [2.45, 2.75) is 25.0 Å². The molecule has 0 atom stereocenters. The molecule has 0 saturated heterocycles. The number of methoxy groups -OCH3 is 1. The van der Waals surface area contributed by atoms with Gasteiger partial charge in [0.25, 0.3) is 0 Å². The minimum Gasteiger partial charge on any atom is -0.381 e. The number of benzene rings is 1. The minimum absolute atomic E-state index is 0.334. The highest BCUT2D eigenvalue weighted by Gasteiger charge is 2.31. The van der Waals surface area contributed by atoms with E-state index in [2.05, 4.69) is 15.6 Å². The fourth-order valence-corrected chi connectivity index (χ4v) is 2.90. The van der Waals surface area contributed by atoms with Crippen molar-refractivity contribution in [3.8, 4) is 6.07 Å². The summed E-state index contributed by atoms with van der Waals surface area (Å²) in [6.45, 7) is 0. The van der Waals surface area contributed by atoms with E-state index in [1.165, 1.54) is 0 Å². The number of para-hydroxylation sites is 1. The number of nitrogens with one attached hydrogen (secondary N) is 1. The summed E-state index contributed by atoms with van der Waals surface area (Å²) >= 11 is 5.37. The summed E-state index contributed by atoms with van der Waals surface area (Å²) in [6.07, 6.45) is 2.30. The number of imidazole rings is 1. The van der Waals surface area contributed by atoms with E-state index in [0.717, 1.165) is 23.9 Å². The number of aromatic amines is 1. The molecular formula is C13H13N3OS. The van der Waals surface area contributed by atoms with Gasteiger partial charge in [-0.15, -0.1) is 0 Å². The van der Waals surface area contributed by atoms with Crippen molar-refractivity contribution in [3.63, 3.8) is 0 Å². The third-order valence-corrected chi connectivity index (χ3v) is 3.94. The number of nitrogens with zero attached hydrogens (tertiary/aromatic N) is 2. The molecule has 92 valence electrons. The van der Waals surface area contributed by atoms with E-state index in [9.17, 15) is 0 Å². The maximum Gasteiger partial charge on any atom is 0.178 e. The van der Waals surface area contributed by atoms with Crippen LogP contribution in [0.15, 0.2) is 18.2 Å². The zero-order valence-electron chi connectivity index (χ0n) is 10.0. The first-order valence-electron chi connectivity index (χ1n) is 5.90. The second kappa shape index (κ2) is 4.23. The van der Waals surface area contributed by atoms with Crippen LogP contribution in [0.3, 0.4) is 0 Å². The third-order valence-electron chi connectivity index (χ3n) is 3.64. The smallest absolute Gasteiger partial charge is 0.178 e. The standard InChI is InChI=1S/C13H13N3OS/c1-17-10-5-9(6-10)16-11-4-2-3-8(7-14)12(11)15-13(16)18/h2-4,9-10H,5-6H2,1H3,(H,15,18). The van der Waals surface area contributed by atoms with E-state index < -0.39 is 0 Å². The van der Waals surface area contributed by atoms with Crippen LogP contribution < -0.4 is 0 Å². The van der Waals surface area contributed by atoms with Crippen LogP contribution in [0.2, 0.25) is 0 Å². The van der Waals surface area contributed by atoms with E-state index >= 15 is 0 Å².